The van der Waals surface area contributed by atoms with Gasteiger partial charge in [0.25, 0.3) is 5.69 Å². The normalized spacial score (nSPS) is 33.6. The zero-order valence-electron chi connectivity index (χ0n) is 11.4. The molecule has 5 heteroatoms. The van der Waals surface area contributed by atoms with Crippen molar-refractivity contribution in [2.45, 2.75) is 43.6 Å². The van der Waals surface area contributed by atoms with Crippen LogP contribution in [0, 0.1) is 10.1 Å². The molecule has 1 N–H and O–H groups in total. The van der Waals surface area contributed by atoms with E-state index >= 15 is 0 Å². The first-order chi connectivity index (χ1) is 9.60. The molecule has 0 aromatic heterocycles. The largest absolute Gasteiger partial charge is 0.313 e. The van der Waals surface area contributed by atoms with E-state index in [0.29, 0.717) is 17.6 Å². The first-order valence-corrected chi connectivity index (χ1v) is 7.20. The molecule has 1 aromatic rings. The molecule has 0 saturated carbocycles. The molecule has 1 saturated heterocycles. The molecule has 0 amide bonds. The van der Waals surface area contributed by atoms with Crippen LogP contribution >= 0.6 is 0 Å². The zero-order valence-corrected chi connectivity index (χ0v) is 11.4. The molecule has 0 bridgehead atoms. The van der Waals surface area contributed by atoms with Gasteiger partial charge >= 0.3 is 0 Å². The summed E-state index contributed by atoms with van der Waals surface area (Å²) >= 11 is 0. The van der Waals surface area contributed by atoms with E-state index in [-0.39, 0.29) is 16.0 Å². The summed E-state index contributed by atoms with van der Waals surface area (Å²) in [6.45, 7) is 3.23. The zero-order chi connectivity index (χ0) is 13.9. The molecular formula is C15H17N3O2. The minimum Gasteiger partial charge on any atom is -0.313 e. The smallest absolute Gasteiger partial charge is 0.295 e. The molecule has 104 valence electrons. The van der Waals surface area contributed by atoms with E-state index in [2.05, 4.69) is 17.2 Å². The average molecular weight is 271 g/mol. The molecule has 2 aliphatic heterocycles. The van der Waals surface area contributed by atoms with Gasteiger partial charge in [-0.25, -0.2) is 0 Å². The number of piperidine rings is 1. The molecule has 3 atom stereocenters. The van der Waals surface area contributed by atoms with Gasteiger partial charge in [0.2, 0.25) is 0 Å². The van der Waals surface area contributed by atoms with E-state index in [1.807, 2.05) is 12.3 Å². The summed E-state index contributed by atoms with van der Waals surface area (Å²) in [6.07, 6.45) is 5.24. The monoisotopic (exact) mass is 271 g/mol. The third-order valence-electron chi connectivity index (χ3n) is 5.06. The highest BCUT2D eigenvalue weighted by Crippen LogP contribution is 2.53. The molecule has 20 heavy (non-hydrogen) atoms. The summed E-state index contributed by atoms with van der Waals surface area (Å²) in [6, 6.07) is 4.07. The fourth-order valence-corrected chi connectivity index (χ4v) is 4.21. The van der Waals surface area contributed by atoms with Gasteiger partial charge in [0, 0.05) is 23.7 Å². The Morgan fingerprint density at radius 3 is 3.15 bits per heavy atom. The van der Waals surface area contributed by atoms with Crippen LogP contribution in [0.3, 0.4) is 0 Å². The first-order valence-electron chi connectivity index (χ1n) is 7.20. The van der Waals surface area contributed by atoms with E-state index in [0.717, 1.165) is 24.9 Å². The Labute approximate surface area is 117 Å². The molecule has 0 radical (unpaired) electrons. The lowest BCUT2D eigenvalue weighted by molar-refractivity contribution is -0.384. The molecule has 4 rings (SSSR count). The predicted octanol–water partition coefficient (Wildman–Crippen LogP) is 2.81. The Morgan fingerprint density at radius 2 is 2.35 bits per heavy atom. The lowest BCUT2D eigenvalue weighted by atomic mass is 9.64. The van der Waals surface area contributed by atoms with Gasteiger partial charge in [-0.2, -0.15) is 0 Å². The van der Waals surface area contributed by atoms with Crippen molar-refractivity contribution < 1.29 is 4.92 Å². The van der Waals surface area contributed by atoms with E-state index in [1.54, 1.807) is 6.07 Å². The van der Waals surface area contributed by atoms with Crippen molar-refractivity contribution in [3.05, 3.63) is 33.4 Å². The number of nitro benzene ring substituents is 1. The van der Waals surface area contributed by atoms with Crippen LogP contribution in [0.1, 0.15) is 43.2 Å². The summed E-state index contributed by atoms with van der Waals surface area (Å²) in [7, 11) is 0. The molecular weight excluding hydrogens is 254 g/mol. The third-order valence-corrected chi connectivity index (χ3v) is 5.06. The van der Waals surface area contributed by atoms with Gasteiger partial charge in [0.1, 0.15) is 5.69 Å². The second kappa shape index (κ2) is 3.88. The average Bonchev–Trinajstić information content (AvgIpc) is 2.77. The van der Waals surface area contributed by atoms with Crippen LogP contribution in [0.4, 0.5) is 11.4 Å². The quantitative estimate of drug-likeness (QED) is 0.631. The fourth-order valence-electron chi connectivity index (χ4n) is 4.21. The predicted molar refractivity (Wildman–Crippen MR) is 77.0 cm³/mol. The minimum absolute atomic E-state index is 0.144. The van der Waals surface area contributed by atoms with Crippen LogP contribution in [0.2, 0.25) is 0 Å². The van der Waals surface area contributed by atoms with E-state index in [4.69, 9.17) is 0 Å². The van der Waals surface area contributed by atoms with Crippen LogP contribution in [-0.2, 0) is 5.41 Å². The molecule has 1 aliphatic carbocycles. The van der Waals surface area contributed by atoms with Crippen LogP contribution in [0.15, 0.2) is 17.1 Å². The number of benzene rings is 1. The summed E-state index contributed by atoms with van der Waals surface area (Å²) in [4.78, 5) is 15.3. The summed E-state index contributed by atoms with van der Waals surface area (Å²) < 4.78 is 0. The topological polar surface area (TPSA) is 67.5 Å². The number of fused-ring (bicyclic) bond motifs is 2. The van der Waals surface area contributed by atoms with Crippen molar-refractivity contribution in [1.82, 2.24) is 5.32 Å². The Hall–Kier alpha value is -1.75. The van der Waals surface area contributed by atoms with Crippen molar-refractivity contribution in [2.75, 3.05) is 6.54 Å². The third kappa shape index (κ3) is 1.44. The van der Waals surface area contributed by atoms with Crippen molar-refractivity contribution in [3.8, 4) is 0 Å². The Kier molecular flexibility index (Phi) is 2.33. The SMILES string of the molecule is CC12C=Nc3c([N+](=O)[O-])ccc(c31)[C@H]1CCCN[C@@H]1C2. The number of nitrogens with zero attached hydrogens (tertiary/aromatic N) is 2. The Bertz CT molecular complexity index is 640. The first kappa shape index (κ1) is 12.0. The second-order valence-electron chi connectivity index (χ2n) is 6.34. The highest BCUT2D eigenvalue weighted by Gasteiger charge is 2.47. The maximum absolute atomic E-state index is 11.2. The highest BCUT2D eigenvalue weighted by molar-refractivity contribution is 5.90. The lowest BCUT2D eigenvalue weighted by Gasteiger charge is -2.43. The standard InChI is InChI=1S/C15H17N3O2/c1-15-7-11-9(3-2-6-16-11)10-4-5-12(18(19)20)14(13(10)15)17-8-15/h4-5,8-9,11,16H,2-3,6-7H2,1H3/t9-,11-,15?/m1/s1. The number of hydrogen-bond acceptors (Lipinski definition) is 4. The van der Waals surface area contributed by atoms with Gasteiger partial charge in [0.05, 0.1) is 4.92 Å². The van der Waals surface area contributed by atoms with Crippen molar-refractivity contribution in [1.29, 1.82) is 0 Å². The number of hydrogen-bond donors (Lipinski definition) is 1. The van der Waals surface area contributed by atoms with Gasteiger partial charge in [-0.1, -0.05) is 13.0 Å². The van der Waals surface area contributed by atoms with Crippen LogP contribution in [0.25, 0.3) is 0 Å². The maximum atomic E-state index is 11.2. The van der Waals surface area contributed by atoms with Crippen molar-refractivity contribution in [3.63, 3.8) is 0 Å². The van der Waals surface area contributed by atoms with E-state index in [1.165, 1.54) is 12.0 Å². The van der Waals surface area contributed by atoms with E-state index in [9.17, 15) is 10.1 Å². The molecule has 0 spiro atoms. The molecule has 1 aromatic carbocycles. The Balaban J connectivity index is 1.94. The van der Waals surface area contributed by atoms with Crippen LogP contribution in [0.5, 0.6) is 0 Å². The van der Waals surface area contributed by atoms with E-state index < -0.39 is 0 Å². The van der Waals surface area contributed by atoms with Crippen molar-refractivity contribution in [2.24, 2.45) is 4.99 Å². The van der Waals surface area contributed by atoms with Gasteiger partial charge in [0.15, 0.2) is 0 Å². The number of aliphatic imine (C=N–C) groups is 1. The fraction of sp³-hybridized carbons (Fsp3) is 0.533. The molecule has 1 unspecified atom stereocenters. The Morgan fingerprint density at radius 1 is 1.50 bits per heavy atom. The van der Waals surface area contributed by atoms with Crippen LogP contribution in [-0.4, -0.2) is 23.7 Å². The summed E-state index contributed by atoms with van der Waals surface area (Å²) in [5.41, 5.74) is 2.97. The number of nitro groups is 1. The van der Waals surface area contributed by atoms with Crippen molar-refractivity contribution >= 4 is 17.6 Å². The minimum atomic E-state index is -0.316. The van der Waals surface area contributed by atoms with Gasteiger partial charge in [-0.15, -0.1) is 0 Å². The summed E-state index contributed by atoms with van der Waals surface area (Å²) in [5.74, 6) is 0.480. The molecule has 3 aliphatic rings. The second-order valence-corrected chi connectivity index (χ2v) is 6.34. The number of nitrogens with one attached hydrogen (secondary N) is 1. The van der Waals surface area contributed by atoms with Gasteiger partial charge < -0.3 is 5.32 Å². The van der Waals surface area contributed by atoms with Gasteiger partial charge in [-0.3, -0.25) is 15.1 Å². The molecule has 5 nitrogen and oxygen atoms in total. The maximum Gasteiger partial charge on any atom is 0.295 e. The van der Waals surface area contributed by atoms with Gasteiger partial charge in [-0.05, 0) is 42.9 Å². The highest BCUT2D eigenvalue weighted by atomic mass is 16.6. The van der Waals surface area contributed by atoms with Crippen LogP contribution < -0.4 is 5.32 Å². The molecule has 2 heterocycles. The molecule has 1 fully saturated rings. The summed E-state index contributed by atoms with van der Waals surface area (Å²) in [5, 5.41) is 14.8. The number of rotatable bonds is 1. The lowest BCUT2D eigenvalue weighted by Crippen LogP contribution is -2.48.